The lowest BCUT2D eigenvalue weighted by atomic mass is 10.1. The number of morpholine rings is 1. The van der Waals surface area contributed by atoms with Crippen molar-refractivity contribution in [3.8, 4) is 5.75 Å². The normalized spacial score (nSPS) is 14.9. The molecular weight excluding hydrogens is 387 g/mol. The van der Waals surface area contributed by atoms with Crippen molar-refractivity contribution in [1.82, 2.24) is 4.31 Å². The van der Waals surface area contributed by atoms with Gasteiger partial charge in [0, 0.05) is 33.3 Å². The molecule has 0 atom stereocenters. The molecule has 2 aromatic rings. The highest BCUT2D eigenvalue weighted by Crippen LogP contribution is 2.27. The predicted octanol–water partition coefficient (Wildman–Crippen LogP) is 2.13. The zero-order chi connectivity index (χ0) is 20.3. The third kappa shape index (κ3) is 4.32. The summed E-state index contributed by atoms with van der Waals surface area (Å²) in [6.45, 7) is 2.10. The van der Waals surface area contributed by atoms with Gasteiger partial charge in [-0.05, 0) is 30.3 Å². The molecule has 0 radical (unpaired) electrons. The van der Waals surface area contributed by atoms with E-state index in [-0.39, 0.29) is 16.2 Å². The van der Waals surface area contributed by atoms with Gasteiger partial charge >= 0.3 is 5.97 Å². The van der Waals surface area contributed by atoms with Crippen LogP contribution in [-0.4, -0.2) is 59.1 Å². The minimum atomic E-state index is -3.74. The van der Waals surface area contributed by atoms with Crippen molar-refractivity contribution in [3.05, 3.63) is 53.8 Å². The third-order valence-electron chi connectivity index (χ3n) is 4.32. The molecule has 0 aliphatic carbocycles. The van der Waals surface area contributed by atoms with E-state index in [0.717, 1.165) is 10.4 Å². The molecule has 28 heavy (non-hydrogen) atoms. The van der Waals surface area contributed by atoms with Gasteiger partial charge < -0.3 is 14.4 Å². The maximum atomic E-state index is 13.4. The van der Waals surface area contributed by atoms with Gasteiger partial charge in [0.25, 0.3) is 0 Å². The maximum Gasteiger partial charge on any atom is 0.345 e. The van der Waals surface area contributed by atoms with Crippen LogP contribution in [0.25, 0.3) is 0 Å². The Bertz CT molecular complexity index is 972. The predicted molar refractivity (Wildman–Crippen MR) is 102 cm³/mol. The van der Waals surface area contributed by atoms with Gasteiger partial charge in [0.05, 0.1) is 29.4 Å². The molecule has 1 heterocycles. The molecular formula is C19H21FN2O5S. The van der Waals surface area contributed by atoms with Crippen molar-refractivity contribution in [3.63, 3.8) is 0 Å². The first-order valence-corrected chi connectivity index (χ1v) is 10.1. The second-order valence-electron chi connectivity index (χ2n) is 6.41. The Hall–Kier alpha value is -2.49. The van der Waals surface area contributed by atoms with Gasteiger partial charge in [-0.25, -0.2) is 21.9 Å². The molecule has 0 aromatic heterocycles. The molecule has 1 aliphatic heterocycles. The first-order valence-electron chi connectivity index (χ1n) is 8.66. The van der Waals surface area contributed by atoms with Gasteiger partial charge in [0.15, 0.2) is 0 Å². The molecule has 0 unspecified atom stereocenters. The summed E-state index contributed by atoms with van der Waals surface area (Å²) < 4.78 is 50.1. The summed E-state index contributed by atoms with van der Waals surface area (Å²) in [4.78, 5) is 14.7. The van der Waals surface area contributed by atoms with Crippen LogP contribution in [0.3, 0.4) is 0 Å². The van der Waals surface area contributed by atoms with Crippen molar-refractivity contribution in [2.45, 2.75) is 4.90 Å². The van der Waals surface area contributed by atoms with Crippen molar-refractivity contribution in [2.24, 2.45) is 0 Å². The molecule has 0 N–H and O–H groups in total. The van der Waals surface area contributed by atoms with Gasteiger partial charge in [0.1, 0.15) is 11.6 Å². The van der Waals surface area contributed by atoms with E-state index in [4.69, 9.17) is 9.47 Å². The molecule has 0 bridgehead atoms. The summed E-state index contributed by atoms with van der Waals surface area (Å²) in [5.41, 5.74) is 0.636. The van der Waals surface area contributed by atoms with Crippen LogP contribution in [0.15, 0.2) is 47.4 Å². The monoisotopic (exact) mass is 408 g/mol. The number of anilines is 1. The van der Waals surface area contributed by atoms with Crippen molar-refractivity contribution in [1.29, 1.82) is 0 Å². The molecule has 1 saturated heterocycles. The van der Waals surface area contributed by atoms with Crippen LogP contribution in [0.4, 0.5) is 10.1 Å². The van der Waals surface area contributed by atoms with E-state index < -0.39 is 21.8 Å². The average Bonchev–Trinajstić information content (AvgIpc) is 2.68. The molecule has 1 fully saturated rings. The van der Waals surface area contributed by atoms with Crippen LogP contribution in [0.2, 0.25) is 0 Å². The summed E-state index contributed by atoms with van der Waals surface area (Å²) in [7, 11) is -0.912. The second kappa shape index (κ2) is 8.26. The Morgan fingerprint density at radius 1 is 1.14 bits per heavy atom. The van der Waals surface area contributed by atoms with Crippen molar-refractivity contribution >= 4 is 21.7 Å². The molecule has 150 valence electrons. The highest BCUT2D eigenvalue weighted by atomic mass is 32.2. The summed E-state index contributed by atoms with van der Waals surface area (Å²) >= 11 is 0. The van der Waals surface area contributed by atoms with Crippen LogP contribution in [0, 0.1) is 5.82 Å². The number of benzene rings is 2. The quantitative estimate of drug-likeness (QED) is 0.557. The SMILES string of the molecule is CN(C)S(=O)(=O)c1ccc(N2CCOCC2)c(C(=O)Oc2cccc(F)c2)c1. The van der Waals surface area contributed by atoms with Crippen LogP contribution < -0.4 is 9.64 Å². The van der Waals surface area contributed by atoms with Gasteiger partial charge in [-0.3, -0.25) is 0 Å². The lowest BCUT2D eigenvalue weighted by Crippen LogP contribution is -2.37. The molecule has 2 aromatic carbocycles. The number of hydrogen-bond acceptors (Lipinski definition) is 6. The Morgan fingerprint density at radius 3 is 2.50 bits per heavy atom. The van der Waals surface area contributed by atoms with Crippen LogP contribution in [0.1, 0.15) is 10.4 Å². The highest BCUT2D eigenvalue weighted by molar-refractivity contribution is 7.89. The largest absolute Gasteiger partial charge is 0.423 e. The number of rotatable bonds is 5. The number of ether oxygens (including phenoxy) is 2. The lowest BCUT2D eigenvalue weighted by molar-refractivity contribution is 0.0733. The highest BCUT2D eigenvalue weighted by Gasteiger charge is 2.25. The van der Waals surface area contributed by atoms with E-state index in [1.165, 1.54) is 44.4 Å². The topological polar surface area (TPSA) is 76.2 Å². The summed E-state index contributed by atoms with van der Waals surface area (Å²) in [6, 6.07) is 9.54. The maximum absolute atomic E-state index is 13.4. The van der Waals surface area contributed by atoms with Crippen molar-refractivity contribution < 1.29 is 27.1 Å². The van der Waals surface area contributed by atoms with Crippen molar-refractivity contribution in [2.75, 3.05) is 45.3 Å². The Kier molecular flexibility index (Phi) is 5.97. The van der Waals surface area contributed by atoms with Gasteiger partial charge in [-0.2, -0.15) is 0 Å². The molecule has 0 amide bonds. The van der Waals surface area contributed by atoms with Gasteiger partial charge in [0.2, 0.25) is 10.0 Å². The fraction of sp³-hybridized carbons (Fsp3) is 0.316. The molecule has 0 spiro atoms. The molecule has 1 aliphatic rings. The average molecular weight is 408 g/mol. The lowest BCUT2D eigenvalue weighted by Gasteiger charge is -2.30. The fourth-order valence-electron chi connectivity index (χ4n) is 2.82. The Balaban J connectivity index is 2.02. The first-order chi connectivity index (χ1) is 13.3. The first kappa shape index (κ1) is 20.2. The summed E-state index contributed by atoms with van der Waals surface area (Å²) in [6.07, 6.45) is 0. The number of esters is 1. The molecule has 9 heteroatoms. The zero-order valence-corrected chi connectivity index (χ0v) is 16.4. The standard InChI is InChI=1S/C19H21FN2O5S/c1-21(2)28(24,25)16-6-7-18(22-8-10-26-11-9-22)17(13-16)19(23)27-15-5-3-4-14(20)12-15/h3-7,12-13H,8-11H2,1-2H3. The van der Waals surface area contributed by atoms with E-state index in [9.17, 15) is 17.6 Å². The number of sulfonamides is 1. The minimum absolute atomic E-state index is 0.0271. The molecule has 7 nitrogen and oxygen atoms in total. The Morgan fingerprint density at radius 2 is 1.86 bits per heavy atom. The zero-order valence-electron chi connectivity index (χ0n) is 15.6. The van der Waals surface area contributed by atoms with E-state index in [1.807, 2.05) is 4.90 Å². The van der Waals surface area contributed by atoms with Crippen LogP contribution in [-0.2, 0) is 14.8 Å². The third-order valence-corrected chi connectivity index (χ3v) is 6.14. The van der Waals surface area contributed by atoms with E-state index in [1.54, 1.807) is 6.07 Å². The fourth-order valence-corrected chi connectivity index (χ4v) is 3.75. The van der Waals surface area contributed by atoms with Gasteiger partial charge in [-0.15, -0.1) is 0 Å². The number of carbonyl (C=O) groups is 1. The van der Waals surface area contributed by atoms with E-state index in [0.29, 0.717) is 32.0 Å². The summed E-state index contributed by atoms with van der Waals surface area (Å²) in [5, 5.41) is 0. The van der Waals surface area contributed by atoms with Gasteiger partial charge in [-0.1, -0.05) is 6.07 Å². The minimum Gasteiger partial charge on any atom is -0.423 e. The molecule has 3 rings (SSSR count). The van der Waals surface area contributed by atoms with E-state index >= 15 is 0 Å². The summed E-state index contributed by atoms with van der Waals surface area (Å²) in [5.74, 6) is -1.26. The Labute approximate surface area is 163 Å². The number of halogens is 1. The van der Waals surface area contributed by atoms with E-state index in [2.05, 4.69) is 0 Å². The molecule has 0 saturated carbocycles. The number of hydrogen-bond donors (Lipinski definition) is 0. The number of nitrogens with zero attached hydrogens (tertiary/aromatic N) is 2. The van der Waals surface area contributed by atoms with Crippen LogP contribution >= 0.6 is 0 Å². The van der Waals surface area contributed by atoms with Crippen LogP contribution in [0.5, 0.6) is 5.75 Å². The second-order valence-corrected chi connectivity index (χ2v) is 8.56. The smallest absolute Gasteiger partial charge is 0.345 e. The number of carbonyl (C=O) groups excluding carboxylic acids is 1.